The molecule has 142 valence electrons. The fourth-order valence-electron chi connectivity index (χ4n) is 4.05. The van der Waals surface area contributed by atoms with Crippen molar-refractivity contribution in [3.8, 4) is 0 Å². The van der Waals surface area contributed by atoms with Gasteiger partial charge < -0.3 is 5.32 Å². The maximum atomic E-state index is 12.9. The van der Waals surface area contributed by atoms with E-state index in [-0.39, 0.29) is 18.8 Å². The molecular weight excluding hydrogens is 361 g/mol. The van der Waals surface area contributed by atoms with Gasteiger partial charge in [-0.05, 0) is 38.7 Å². The number of hydrogen-bond donors (Lipinski definition) is 1. The monoisotopic (exact) mass is 384 g/mol. The summed E-state index contributed by atoms with van der Waals surface area (Å²) in [5, 5.41) is 8.51. The Labute approximate surface area is 154 Å². The molecule has 2 aromatic rings. The van der Waals surface area contributed by atoms with Crippen LogP contribution >= 0.6 is 11.8 Å². The van der Waals surface area contributed by atoms with E-state index in [1.54, 1.807) is 0 Å². The van der Waals surface area contributed by atoms with Crippen molar-refractivity contribution in [2.45, 2.75) is 50.0 Å². The largest absolute Gasteiger partial charge is 0.391 e. The number of nitrogens with one attached hydrogen (secondary N) is 1. The van der Waals surface area contributed by atoms with Crippen molar-refractivity contribution < 1.29 is 13.2 Å². The van der Waals surface area contributed by atoms with Crippen LogP contribution in [0.4, 0.5) is 13.2 Å². The molecule has 1 aliphatic carbocycles. The van der Waals surface area contributed by atoms with Gasteiger partial charge in [0.05, 0.1) is 22.6 Å². The van der Waals surface area contributed by atoms with Crippen LogP contribution in [0.1, 0.15) is 53.9 Å². The Hall–Kier alpha value is -1.28. The van der Waals surface area contributed by atoms with Gasteiger partial charge in [-0.3, -0.25) is 0 Å². The second kappa shape index (κ2) is 7.03. The molecule has 0 amide bonds. The van der Waals surface area contributed by atoms with E-state index in [1.807, 2.05) is 29.3 Å². The highest BCUT2D eigenvalue weighted by Gasteiger charge is 2.42. The van der Waals surface area contributed by atoms with Crippen molar-refractivity contribution in [3.05, 3.63) is 29.2 Å². The predicted molar refractivity (Wildman–Crippen MR) is 96.5 cm³/mol. The average molecular weight is 384 g/mol. The van der Waals surface area contributed by atoms with Gasteiger partial charge in [-0.25, -0.2) is 9.50 Å². The van der Waals surface area contributed by atoms with Gasteiger partial charge in [0.25, 0.3) is 0 Å². The molecule has 4 nitrogen and oxygen atoms in total. The molecule has 0 bridgehead atoms. The zero-order chi connectivity index (χ0) is 18.3. The van der Waals surface area contributed by atoms with Crippen molar-refractivity contribution >= 4 is 17.4 Å². The fourth-order valence-corrected chi connectivity index (χ4v) is 5.17. The molecule has 1 aliphatic heterocycles. The normalized spacial score (nSPS) is 27.8. The highest BCUT2D eigenvalue weighted by Crippen LogP contribution is 2.43. The summed E-state index contributed by atoms with van der Waals surface area (Å²) in [6.07, 6.45) is -2.58. The zero-order valence-corrected chi connectivity index (χ0v) is 15.5. The lowest BCUT2D eigenvalue weighted by Crippen LogP contribution is -2.29. The second-order valence-corrected chi connectivity index (χ2v) is 8.63. The SMILES string of the molecule is Cc1cc(C2CNCCS2)n2nc(C3CCC(C(F)(F)F)CC3)cc2n1. The molecule has 3 heterocycles. The predicted octanol–water partition coefficient (Wildman–Crippen LogP) is 4.25. The van der Waals surface area contributed by atoms with Crippen molar-refractivity contribution in [3.63, 3.8) is 0 Å². The minimum absolute atomic E-state index is 0.0978. The van der Waals surface area contributed by atoms with Crippen LogP contribution < -0.4 is 5.32 Å². The van der Waals surface area contributed by atoms with Crippen LogP contribution in [0.15, 0.2) is 12.1 Å². The Morgan fingerprint density at radius 3 is 2.62 bits per heavy atom. The topological polar surface area (TPSA) is 42.2 Å². The van der Waals surface area contributed by atoms with Crippen molar-refractivity contribution in [2.24, 2.45) is 5.92 Å². The minimum Gasteiger partial charge on any atom is -0.314 e. The third kappa shape index (κ3) is 3.58. The van der Waals surface area contributed by atoms with E-state index in [0.29, 0.717) is 18.1 Å². The Morgan fingerprint density at radius 2 is 1.96 bits per heavy atom. The lowest BCUT2D eigenvalue weighted by molar-refractivity contribution is -0.182. The van der Waals surface area contributed by atoms with Crippen LogP contribution in [0, 0.1) is 12.8 Å². The molecule has 1 N–H and O–H groups in total. The number of rotatable bonds is 2. The first kappa shape index (κ1) is 18.1. The van der Waals surface area contributed by atoms with E-state index in [4.69, 9.17) is 5.10 Å². The zero-order valence-electron chi connectivity index (χ0n) is 14.7. The Morgan fingerprint density at radius 1 is 1.19 bits per heavy atom. The number of halogens is 3. The first-order valence-electron chi connectivity index (χ1n) is 9.18. The first-order chi connectivity index (χ1) is 12.4. The van der Waals surface area contributed by atoms with Crippen LogP contribution in [0.2, 0.25) is 0 Å². The van der Waals surface area contributed by atoms with E-state index in [0.717, 1.165) is 41.6 Å². The first-order valence-corrected chi connectivity index (χ1v) is 10.2. The summed E-state index contributed by atoms with van der Waals surface area (Å²) >= 11 is 1.91. The Balaban J connectivity index is 1.60. The van der Waals surface area contributed by atoms with Crippen LogP contribution in [-0.4, -0.2) is 39.6 Å². The van der Waals surface area contributed by atoms with E-state index >= 15 is 0 Å². The smallest absolute Gasteiger partial charge is 0.314 e. The molecule has 0 spiro atoms. The fraction of sp³-hybridized carbons (Fsp3) is 0.667. The van der Waals surface area contributed by atoms with Crippen molar-refractivity contribution in [2.75, 3.05) is 18.8 Å². The highest BCUT2D eigenvalue weighted by atomic mass is 32.2. The molecule has 0 aromatic carbocycles. The number of nitrogens with zero attached hydrogens (tertiary/aromatic N) is 3. The quantitative estimate of drug-likeness (QED) is 0.841. The average Bonchev–Trinajstić information content (AvgIpc) is 3.05. The molecule has 8 heteroatoms. The number of aryl methyl sites for hydroxylation is 1. The maximum Gasteiger partial charge on any atom is 0.391 e. The van der Waals surface area contributed by atoms with Gasteiger partial charge in [-0.15, -0.1) is 11.8 Å². The van der Waals surface area contributed by atoms with Gasteiger partial charge in [0.2, 0.25) is 0 Å². The van der Waals surface area contributed by atoms with Crippen LogP contribution in [0.25, 0.3) is 5.65 Å². The standard InChI is InChI=1S/C18H23F3N4S/c1-11-8-15(16-10-22-6-7-26-16)25-17(23-11)9-14(24-25)12-2-4-13(5-3-12)18(19,20)21/h8-9,12-13,16,22H,2-7,10H2,1H3. The molecule has 1 atom stereocenters. The number of hydrogen-bond acceptors (Lipinski definition) is 4. The summed E-state index contributed by atoms with van der Waals surface area (Å²) in [5.74, 6) is 0.000323. The van der Waals surface area contributed by atoms with Crippen molar-refractivity contribution in [1.29, 1.82) is 0 Å². The van der Waals surface area contributed by atoms with E-state index in [2.05, 4.69) is 16.4 Å². The van der Waals surface area contributed by atoms with Gasteiger partial charge >= 0.3 is 6.18 Å². The molecule has 4 rings (SSSR count). The Kier molecular flexibility index (Phi) is 4.90. The molecule has 0 radical (unpaired) electrons. The summed E-state index contributed by atoms with van der Waals surface area (Å²) < 4.78 is 40.6. The summed E-state index contributed by atoms with van der Waals surface area (Å²) in [7, 11) is 0. The second-order valence-electron chi connectivity index (χ2n) is 7.32. The molecule has 2 fully saturated rings. The van der Waals surface area contributed by atoms with E-state index in [1.165, 1.54) is 0 Å². The minimum atomic E-state index is -4.07. The summed E-state index contributed by atoms with van der Waals surface area (Å²) in [6, 6.07) is 4.05. The third-order valence-corrected chi connectivity index (χ3v) is 6.72. The molecule has 1 unspecified atom stereocenters. The van der Waals surface area contributed by atoms with Gasteiger partial charge in [-0.2, -0.15) is 18.3 Å². The molecular formula is C18H23F3N4S. The van der Waals surface area contributed by atoms with Gasteiger partial charge in [0.1, 0.15) is 0 Å². The summed E-state index contributed by atoms with van der Waals surface area (Å²) in [5.41, 5.74) is 3.77. The highest BCUT2D eigenvalue weighted by molar-refractivity contribution is 7.99. The van der Waals surface area contributed by atoms with Gasteiger partial charge in [0, 0.05) is 36.5 Å². The molecule has 2 aromatic heterocycles. The lowest BCUT2D eigenvalue weighted by atomic mass is 9.80. The van der Waals surface area contributed by atoms with Crippen LogP contribution in [-0.2, 0) is 0 Å². The molecule has 2 aliphatic rings. The maximum absolute atomic E-state index is 12.9. The summed E-state index contributed by atoms with van der Waals surface area (Å²) in [4.78, 5) is 4.59. The van der Waals surface area contributed by atoms with Crippen LogP contribution in [0.5, 0.6) is 0 Å². The van der Waals surface area contributed by atoms with Gasteiger partial charge in [0.15, 0.2) is 5.65 Å². The van der Waals surface area contributed by atoms with Gasteiger partial charge in [-0.1, -0.05) is 0 Å². The van der Waals surface area contributed by atoms with Crippen LogP contribution in [0.3, 0.4) is 0 Å². The summed E-state index contributed by atoms with van der Waals surface area (Å²) in [6.45, 7) is 3.89. The third-order valence-electron chi connectivity index (χ3n) is 5.47. The number of alkyl halides is 3. The molecule has 1 saturated heterocycles. The van der Waals surface area contributed by atoms with E-state index < -0.39 is 12.1 Å². The number of fused-ring (bicyclic) bond motifs is 1. The molecule has 1 saturated carbocycles. The Bertz CT molecular complexity index is 775. The van der Waals surface area contributed by atoms with E-state index in [9.17, 15) is 13.2 Å². The lowest BCUT2D eigenvalue weighted by Gasteiger charge is -2.28. The van der Waals surface area contributed by atoms with Crippen molar-refractivity contribution in [1.82, 2.24) is 19.9 Å². The number of aromatic nitrogens is 3. The molecule has 26 heavy (non-hydrogen) atoms. The number of thioether (sulfide) groups is 1.